The predicted octanol–water partition coefficient (Wildman–Crippen LogP) is 5.62. The zero-order valence-corrected chi connectivity index (χ0v) is 19.8. The molecule has 3 rings (SSSR count). The lowest BCUT2D eigenvalue weighted by Gasteiger charge is -2.15. The van der Waals surface area contributed by atoms with Crippen LogP contribution < -0.4 is 14.8 Å². The number of hydrogen-bond donors (Lipinski definition) is 2. The minimum atomic E-state index is -4.84. The van der Waals surface area contributed by atoms with Crippen LogP contribution in [0.3, 0.4) is 0 Å². The van der Waals surface area contributed by atoms with E-state index in [0.717, 1.165) is 12.1 Å². The summed E-state index contributed by atoms with van der Waals surface area (Å²) in [6, 6.07) is 9.76. The fourth-order valence-electron chi connectivity index (χ4n) is 2.80. The maximum absolute atomic E-state index is 13.2. The molecule has 0 aliphatic heterocycles. The van der Waals surface area contributed by atoms with E-state index >= 15 is 0 Å². The molecule has 1 aromatic heterocycles. The summed E-state index contributed by atoms with van der Waals surface area (Å²) >= 11 is 5.59. The van der Waals surface area contributed by atoms with Crippen LogP contribution in [0, 0.1) is 18.8 Å². The van der Waals surface area contributed by atoms with Gasteiger partial charge in [-0.15, -0.1) is 0 Å². The quantitative estimate of drug-likeness (QED) is 0.409. The number of anilines is 2. The van der Waals surface area contributed by atoms with E-state index in [-0.39, 0.29) is 17.3 Å². The first-order valence-electron chi connectivity index (χ1n) is 9.77. The van der Waals surface area contributed by atoms with Gasteiger partial charge in [0.25, 0.3) is 15.9 Å². The molecule has 0 fully saturated rings. The number of carbonyl (C=O) groups is 1. The van der Waals surface area contributed by atoms with Crippen molar-refractivity contribution < 1.29 is 31.1 Å². The fraction of sp³-hybridized carbons (Fsp3) is 0.130. The van der Waals surface area contributed by atoms with Gasteiger partial charge in [0.05, 0.1) is 15.5 Å². The molecule has 0 aliphatic rings. The highest BCUT2D eigenvalue weighted by molar-refractivity contribution is 7.92. The lowest BCUT2D eigenvalue weighted by atomic mass is 10.2. The third-order valence-corrected chi connectivity index (χ3v) is 6.04. The second-order valence-electron chi connectivity index (χ2n) is 7.07. The van der Waals surface area contributed by atoms with E-state index in [1.54, 1.807) is 6.92 Å². The van der Waals surface area contributed by atoms with Crippen molar-refractivity contribution in [2.45, 2.75) is 24.9 Å². The lowest BCUT2D eigenvalue weighted by Crippen LogP contribution is -2.16. The minimum absolute atomic E-state index is 0.0934. The number of halogens is 4. The van der Waals surface area contributed by atoms with Crippen LogP contribution in [0.1, 0.15) is 18.1 Å². The van der Waals surface area contributed by atoms with Crippen LogP contribution in [-0.4, -0.2) is 19.3 Å². The van der Waals surface area contributed by atoms with E-state index in [0.29, 0.717) is 17.3 Å². The van der Waals surface area contributed by atoms with Crippen LogP contribution in [0.15, 0.2) is 59.6 Å². The number of nitrogens with one attached hydrogen (secondary N) is 2. The minimum Gasteiger partial charge on any atom is -0.437 e. The van der Waals surface area contributed by atoms with Gasteiger partial charge in [-0.3, -0.25) is 9.52 Å². The first kappa shape index (κ1) is 25.9. The molecule has 0 saturated carbocycles. The Morgan fingerprint density at radius 1 is 1.11 bits per heavy atom. The van der Waals surface area contributed by atoms with Crippen LogP contribution in [0.2, 0.25) is 5.02 Å². The number of nitrogens with zero attached hydrogens (tertiary/aromatic N) is 1. The molecule has 3 aromatic rings. The zero-order valence-electron chi connectivity index (χ0n) is 18.2. The summed E-state index contributed by atoms with van der Waals surface area (Å²) in [6.45, 7) is 3.17. The monoisotopic (exact) mass is 523 g/mol. The Morgan fingerprint density at radius 3 is 2.43 bits per heavy atom. The molecule has 1 amide bonds. The summed E-state index contributed by atoms with van der Waals surface area (Å²) in [7, 11) is -4.46. The number of aromatic nitrogens is 1. The molecule has 0 spiro atoms. The topological polar surface area (TPSA) is 97.4 Å². The number of aryl methyl sites for hydroxylation is 1. The van der Waals surface area contributed by atoms with Gasteiger partial charge >= 0.3 is 6.18 Å². The smallest absolute Gasteiger partial charge is 0.417 e. The number of sulfonamides is 1. The number of ether oxygens (including phenoxy) is 1. The third-order valence-electron chi connectivity index (χ3n) is 4.35. The Hall–Kier alpha value is -3.75. The van der Waals surface area contributed by atoms with E-state index in [1.165, 1.54) is 43.5 Å². The highest BCUT2D eigenvalue weighted by Gasteiger charge is 2.34. The summed E-state index contributed by atoms with van der Waals surface area (Å²) in [4.78, 5) is 15.0. The first-order chi connectivity index (χ1) is 16.4. The number of pyridine rings is 1. The van der Waals surface area contributed by atoms with Gasteiger partial charge in [-0.05, 0) is 73.9 Å². The van der Waals surface area contributed by atoms with Crippen LogP contribution in [0.4, 0.5) is 24.5 Å². The van der Waals surface area contributed by atoms with Crippen molar-refractivity contribution in [1.29, 1.82) is 0 Å². The number of hydrogen-bond acceptors (Lipinski definition) is 5. The Labute approximate surface area is 204 Å². The normalized spacial score (nSPS) is 11.3. The maximum atomic E-state index is 13.2. The molecule has 35 heavy (non-hydrogen) atoms. The predicted molar refractivity (Wildman–Crippen MR) is 125 cm³/mol. The van der Waals surface area contributed by atoms with E-state index in [9.17, 15) is 26.4 Å². The highest BCUT2D eigenvalue weighted by atomic mass is 35.5. The van der Waals surface area contributed by atoms with Crippen molar-refractivity contribution in [3.05, 3.63) is 70.9 Å². The first-order valence-corrected chi connectivity index (χ1v) is 11.6. The SMILES string of the molecule is CC#CC(=O)Nc1ccc(Oc2ncc(C)cc2NS(=O)(=O)c2ccc(Cl)c(C(F)(F)F)c2)cc1. The second kappa shape index (κ2) is 10.2. The molecule has 2 aromatic carbocycles. The molecule has 0 atom stereocenters. The molecular formula is C23H17ClF3N3O4S. The largest absolute Gasteiger partial charge is 0.437 e. The molecule has 0 saturated heterocycles. The van der Waals surface area contributed by atoms with Crippen molar-refractivity contribution in [1.82, 2.24) is 4.98 Å². The number of carbonyl (C=O) groups excluding carboxylic acids is 1. The Morgan fingerprint density at radius 2 is 1.80 bits per heavy atom. The molecule has 1 heterocycles. The second-order valence-corrected chi connectivity index (χ2v) is 9.16. The van der Waals surface area contributed by atoms with Crippen molar-refractivity contribution >= 4 is 38.9 Å². The Bertz CT molecular complexity index is 1430. The fourth-order valence-corrected chi connectivity index (χ4v) is 4.10. The zero-order chi connectivity index (χ0) is 25.8. The molecule has 2 N–H and O–H groups in total. The number of alkyl halides is 3. The van der Waals surface area contributed by atoms with Gasteiger partial charge in [0.1, 0.15) is 11.4 Å². The molecule has 0 aliphatic carbocycles. The van der Waals surface area contributed by atoms with Gasteiger partial charge in [0.15, 0.2) is 0 Å². The number of rotatable bonds is 6. The maximum Gasteiger partial charge on any atom is 0.417 e. The number of benzene rings is 2. The van der Waals surface area contributed by atoms with Gasteiger partial charge in [-0.25, -0.2) is 13.4 Å². The van der Waals surface area contributed by atoms with E-state index in [2.05, 4.69) is 26.9 Å². The van der Waals surface area contributed by atoms with Crippen molar-refractivity contribution in [2.24, 2.45) is 0 Å². The molecule has 0 bridgehead atoms. The standard InChI is InChI=1S/C23H17ClF3N3O4S/c1-3-4-21(31)29-15-5-7-16(8-6-15)34-22-20(11-14(2)13-28-22)30-35(32,33)17-9-10-19(24)18(12-17)23(25,26)27/h5-13,30H,1-2H3,(H,29,31). The van der Waals surface area contributed by atoms with Gasteiger partial charge in [-0.2, -0.15) is 13.2 Å². The van der Waals surface area contributed by atoms with Gasteiger partial charge in [0.2, 0.25) is 5.88 Å². The van der Waals surface area contributed by atoms with Gasteiger partial charge in [-0.1, -0.05) is 17.5 Å². The van der Waals surface area contributed by atoms with Gasteiger partial charge in [0, 0.05) is 11.9 Å². The lowest BCUT2D eigenvalue weighted by molar-refractivity contribution is -0.137. The molecule has 0 radical (unpaired) electrons. The van der Waals surface area contributed by atoms with Crippen molar-refractivity contribution in [3.8, 4) is 23.5 Å². The van der Waals surface area contributed by atoms with Crippen LogP contribution in [0.5, 0.6) is 11.6 Å². The van der Waals surface area contributed by atoms with E-state index in [4.69, 9.17) is 16.3 Å². The van der Waals surface area contributed by atoms with Gasteiger partial charge < -0.3 is 10.1 Å². The molecular weight excluding hydrogens is 507 g/mol. The molecule has 0 unspecified atom stereocenters. The van der Waals surface area contributed by atoms with Crippen LogP contribution >= 0.6 is 11.6 Å². The van der Waals surface area contributed by atoms with Crippen LogP contribution in [-0.2, 0) is 21.0 Å². The van der Waals surface area contributed by atoms with Crippen molar-refractivity contribution in [2.75, 3.05) is 10.0 Å². The summed E-state index contributed by atoms with van der Waals surface area (Å²) < 4.78 is 73.1. The molecule has 7 nitrogen and oxygen atoms in total. The molecule has 182 valence electrons. The van der Waals surface area contributed by atoms with E-state index in [1.807, 2.05) is 0 Å². The summed E-state index contributed by atoms with van der Waals surface area (Å²) in [5.41, 5.74) is -0.356. The molecule has 12 heteroatoms. The third kappa shape index (κ3) is 6.65. The average molecular weight is 524 g/mol. The summed E-state index contributed by atoms with van der Waals surface area (Å²) in [5, 5.41) is 1.93. The Balaban J connectivity index is 1.88. The van der Waals surface area contributed by atoms with Crippen LogP contribution in [0.25, 0.3) is 0 Å². The van der Waals surface area contributed by atoms with Crippen molar-refractivity contribution in [3.63, 3.8) is 0 Å². The summed E-state index contributed by atoms with van der Waals surface area (Å²) in [5.74, 6) is 4.43. The van der Waals surface area contributed by atoms with E-state index < -0.39 is 37.6 Å². The summed E-state index contributed by atoms with van der Waals surface area (Å²) in [6.07, 6.45) is -3.41. The Kier molecular flexibility index (Phi) is 7.57. The number of amides is 1. The highest BCUT2D eigenvalue weighted by Crippen LogP contribution is 2.37. The average Bonchev–Trinajstić information content (AvgIpc) is 2.76.